The molecule has 0 amide bonds. The molecule has 0 spiro atoms. The molecule has 2 aromatic carbocycles. The predicted octanol–water partition coefficient (Wildman–Crippen LogP) is 4.01. The summed E-state index contributed by atoms with van der Waals surface area (Å²) in [6, 6.07) is 18.9. The van der Waals surface area contributed by atoms with Crippen LogP contribution < -0.4 is 5.32 Å². The Labute approximate surface area is 112 Å². The van der Waals surface area contributed by atoms with E-state index in [9.17, 15) is 0 Å². The zero-order valence-electron chi connectivity index (χ0n) is 10.6. The SMILES string of the molecule is C=Cc1cccc(NC[S+](C)c2ccccc2)c1. The number of nitrogens with one attached hydrogen (secondary N) is 1. The molecule has 0 heterocycles. The van der Waals surface area contributed by atoms with Gasteiger partial charge in [0.1, 0.15) is 6.26 Å². The van der Waals surface area contributed by atoms with Crippen molar-refractivity contribution in [3.8, 4) is 0 Å². The summed E-state index contributed by atoms with van der Waals surface area (Å²) in [6.07, 6.45) is 4.13. The fourth-order valence-corrected chi connectivity index (χ4v) is 2.87. The summed E-state index contributed by atoms with van der Waals surface area (Å²) in [5.41, 5.74) is 2.30. The maximum Gasteiger partial charge on any atom is 0.183 e. The first kappa shape index (κ1) is 12.8. The van der Waals surface area contributed by atoms with Crippen LogP contribution in [0, 0.1) is 0 Å². The van der Waals surface area contributed by atoms with E-state index in [0.29, 0.717) is 0 Å². The largest absolute Gasteiger partial charge is 0.343 e. The Morgan fingerprint density at radius 3 is 2.61 bits per heavy atom. The van der Waals surface area contributed by atoms with Crippen molar-refractivity contribution < 1.29 is 0 Å². The lowest BCUT2D eigenvalue weighted by Gasteiger charge is -2.07. The van der Waals surface area contributed by atoms with Crippen molar-refractivity contribution in [2.24, 2.45) is 0 Å². The van der Waals surface area contributed by atoms with E-state index in [2.05, 4.69) is 72.7 Å². The Bertz CT molecular complexity index is 508. The van der Waals surface area contributed by atoms with Crippen LogP contribution in [0.2, 0.25) is 0 Å². The third kappa shape index (κ3) is 3.41. The highest BCUT2D eigenvalue weighted by molar-refractivity contribution is 7.96. The normalized spacial score (nSPS) is 11.8. The molecule has 2 aromatic rings. The highest BCUT2D eigenvalue weighted by Gasteiger charge is 2.13. The van der Waals surface area contributed by atoms with Crippen LogP contribution in [0.1, 0.15) is 5.56 Å². The van der Waals surface area contributed by atoms with Crippen molar-refractivity contribution in [2.75, 3.05) is 17.4 Å². The Morgan fingerprint density at radius 2 is 1.89 bits per heavy atom. The second-order valence-corrected chi connectivity index (χ2v) is 6.14. The standard InChI is InChI=1S/C16H18NS/c1-3-14-8-7-9-15(12-14)17-13-18(2)16-10-5-4-6-11-16/h3-12,17H,1,13H2,2H3/q+1. The van der Waals surface area contributed by atoms with Gasteiger partial charge in [-0.25, -0.2) is 0 Å². The van der Waals surface area contributed by atoms with Crippen molar-refractivity contribution in [3.63, 3.8) is 0 Å². The van der Waals surface area contributed by atoms with Crippen molar-refractivity contribution in [1.82, 2.24) is 0 Å². The molecular weight excluding hydrogens is 238 g/mol. The Hall–Kier alpha value is -1.67. The summed E-state index contributed by atoms with van der Waals surface area (Å²) in [5, 5.41) is 3.48. The molecule has 0 aliphatic carbocycles. The summed E-state index contributed by atoms with van der Waals surface area (Å²) in [7, 11) is 0.221. The van der Waals surface area contributed by atoms with Crippen LogP contribution in [-0.4, -0.2) is 12.1 Å². The summed E-state index contributed by atoms with van der Waals surface area (Å²) in [4.78, 5) is 1.39. The lowest BCUT2D eigenvalue weighted by atomic mass is 10.2. The molecule has 1 atom stereocenters. The third-order valence-electron chi connectivity index (χ3n) is 2.76. The van der Waals surface area contributed by atoms with Gasteiger partial charge in [0.05, 0.1) is 0 Å². The summed E-state index contributed by atoms with van der Waals surface area (Å²) >= 11 is 0. The Kier molecular flexibility index (Phi) is 4.48. The van der Waals surface area contributed by atoms with E-state index >= 15 is 0 Å². The van der Waals surface area contributed by atoms with Crippen LogP contribution in [-0.2, 0) is 10.9 Å². The zero-order chi connectivity index (χ0) is 12.8. The fourth-order valence-electron chi connectivity index (χ4n) is 1.70. The molecular formula is C16H18NS+. The van der Waals surface area contributed by atoms with Crippen LogP contribution in [0.4, 0.5) is 5.69 Å². The van der Waals surface area contributed by atoms with Gasteiger partial charge in [-0.2, -0.15) is 0 Å². The molecule has 18 heavy (non-hydrogen) atoms. The lowest BCUT2D eigenvalue weighted by Crippen LogP contribution is -2.13. The first-order valence-corrected chi connectivity index (χ1v) is 7.74. The average molecular weight is 256 g/mol. The number of rotatable bonds is 5. The Balaban J connectivity index is 1.97. The average Bonchev–Trinajstić information content (AvgIpc) is 2.46. The van der Waals surface area contributed by atoms with Gasteiger partial charge in [0, 0.05) is 16.6 Å². The van der Waals surface area contributed by atoms with Crippen molar-refractivity contribution in [2.45, 2.75) is 4.90 Å². The molecule has 2 heteroatoms. The minimum absolute atomic E-state index is 0.221. The number of benzene rings is 2. The zero-order valence-corrected chi connectivity index (χ0v) is 11.4. The van der Waals surface area contributed by atoms with E-state index in [1.165, 1.54) is 4.90 Å². The van der Waals surface area contributed by atoms with Gasteiger partial charge >= 0.3 is 0 Å². The van der Waals surface area contributed by atoms with E-state index in [4.69, 9.17) is 0 Å². The molecule has 0 saturated carbocycles. The molecule has 0 fully saturated rings. The minimum Gasteiger partial charge on any atom is -0.343 e. The van der Waals surface area contributed by atoms with Crippen molar-refractivity contribution in [1.29, 1.82) is 0 Å². The van der Waals surface area contributed by atoms with Crippen LogP contribution in [0.3, 0.4) is 0 Å². The molecule has 1 N–H and O–H groups in total. The van der Waals surface area contributed by atoms with E-state index in [-0.39, 0.29) is 10.9 Å². The van der Waals surface area contributed by atoms with Gasteiger partial charge in [0.2, 0.25) is 0 Å². The van der Waals surface area contributed by atoms with Crippen LogP contribution in [0.25, 0.3) is 6.08 Å². The molecule has 0 bridgehead atoms. The molecule has 1 unspecified atom stereocenters. The highest BCUT2D eigenvalue weighted by Crippen LogP contribution is 2.14. The summed E-state index contributed by atoms with van der Waals surface area (Å²) < 4.78 is 0. The van der Waals surface area contributed by atoms with Gasteiger partial charge in [-0.05, 0) is 29.8 Å². The van der Waals surface area contributed by atoms with Crippen molar-refractivity contribution in [3.05, 3.63) is 66.7 Å². The first-order chi connectivity index (χ1) is 8.79. The molecule has 2 rings (SSSR count). The van der Waals surface area contributed by atoms with Crippen LogP contribution in [0.5, 0.6) is 0 Å². The van der Waals surface area contributed by atoms with Gasteiger partial charge in [0.15, 0.2) is 10.8 Å². The minimum atomic E-state index is 0.221. The van der Waals surface area contributed by atoms with E-state index in [1.807, 2.05) is 6.08 Å². The lowest BCUT2D eigenvalue weighted by molar-refractivity contribution is 1.39. The van der Waals surface area contributed by atoms with Gasteiger partial charge in [0.25, 0.3) is 0 Å². The highest BCUT2D eigenvalue weighted by atomic mass is 32.2. The fraction of sp³-hybridized carbons (Fsp3) is 0.125. The number of anilines is 1. The molecule has 0 aromatic heterocycles. The summed E-state index contributed by atoms with van der Waals surface area (Å²) in [5.74, 6) is 0.963. The monoisotopic (exact) mass is 256 g/mol. The summed E-state index contributed by atoms with van der Waals surface area (Å²) in [6.45, 7) is 3.79. The third-order valence-corrected chi connectivity index (χ3v) is 4.41. The van der Waals surface area contributed by atoms with Crippen LogP contribution in [0.15, 0.2) is 66.1 Å². The second kappa shape index (κ2) is 6.31. The van der Waals surface area contributed by atoms with Crippen molar-refractivity contribution >= 4 is 22.7 Å². The van der Waals surface area contributed by atoms with Gasteiger partial charge in [-0.1, -0.05) is 43.0 Å². The molecule has 0 saturated heterocycles. The predicted molar refractivity (Wildman–Crippen MR) is 83.0 cm³/mol. The van der Waals surface area contributed by atoms with E-state index in [0.717, 1.165) is 17.1 Å². The molecule has 0 radical (unpaired) electrons. The van der Waals surface area contributed by atoms with Crippen LogP contribution >= 0.6 is 0 Å². The molecule has 92 valence electrons. The van der Waals surface area contributed by atoms with Gasteiger partial charge in [-0.3, -0.25) is 0 Å². The van der Waals surface area contributed by atoms with E-state index < -0.39 is 0 Å². The van der Waals surface area contributed by atoms with Gasteiger partial charge < -0.3 is 5.32 Å². The quantitative estimate of drug-likeness (QED) is 0.797. The molecule has 0 aliphatic rings. The Morgan fingerprint density at radius 1 is 1.11 bits per heavy atom. The van der Waals surface area contributed by atoms with Gasteiger partial charge in [-0.15, -0.1) is 0 Å². The molecule has 0 aliphatic heterocycles. The van der Waals surface area contributed by atoms with E-state index in [1.54, 1.807) is 0 Å². The number of hydrogen-bond acceptors (Lipinski definition) is 1. The topological polar surface area (TPSA) is 12.0 Å². The maximum atomic E-state index is 3.79. The smallest absolute Gasteiger partial charge is 0.183 e. The number of hydrogen-bond donors (Lipinski definition) is 1. The molecule has 1 nitrogen and oxygen atoms in total. The maximum absolute atomic E-state index is 3.79. The second-order valence-electron chi connectivity index (χ2n) is 4.10. The first-order valence-electron chi connectivity index (χ1n) is 5.93.